The molecule has 2 fully saturated rings. The number of likely N-dealkylation sites (tertiary alicyclic amines) is 1. The Balaban J connectivity index is 1.57. The van der Waals surface area contributed by atoms with Gasteiger partial charge in [-0.05, 0) is 38.8 Å². The maximum atomic E-state index is 12.3. The summed E-state index contributed by atoms with van der Waals surface area (Å²) in [6, 6.07) is 1.50. The van der Waals surface area contributed by atoms with Gasteiger partial charge in [0.1, 0.15) is 5.54 Å². The van der Waals surface area contributed by atoms with Crippen molar-refractivity contribution < 1.29 is 14.4 Å². The van der Waals surface area contributed by atoms with Gasteiger partial charge < -0.3 is 5.32 Å². The molecular formula is C16H24N6O3. The fourth-order valence-electron chi connectivity index (χ4n) is 3.30. The van der Waals surface area contributed by atoms with Gasteiger partial charge in [-0.25, -0.2) is 4.79 Å². The lowest BCUT2D eigenvalue weighted by Crippen LogP contribution is -2.51. The standard InChI is InChI=1S/C16H24N6O3/c1-3-16(2)14(24)22(15(25)18-16)19-13(23)11-20-8-4-6-12(20)10-21-9-5-7-17-21/h5,7,9,12H,3-4,6,8,10-11H2,1-2H3,(H,18,25)(H,19,23)/t12-,16-/m0/s1. The van der Waals surface area contributed by atoms with Gasteiger partial charge in [0.25, 0.3) is 11.8 Å². The molecule has 2 aliphatic heterocycles. The fourth-order valence-corrected chi connectivity index (χ4v) is 3.30. The maximum absolute atomic E-state index is 12.3. The van der Waals surface area contributed by atoms with Crippen LogP contribution in [0.15, 0.2) is 18.5 Å². The van der Waals surface area contributed by atoms with Crippen LogP contribution in [0.1, 0.15) is 33.1 Å². The molecule has 9 nitrogen and oxygen atoms in total. The van der Waals surface area contributed by atoms with Crippen molar-refractivity contribution in [3.8, 4) is 0 Å². The van der Waals surface area contributed by atoms with E-state index >= 15 is 0 Å². The van der Waals surface area contributed by atoms with Crippen LogP contribution in [0.5, 0.6) is 0 Å². The third-order valence-electron chi connectivity index (χ3n) is 5.01. The third kappa shape index (κ3) is 3.51. The second kappa shape index (κ2) is 6.83. The predicted molar refractivity (Wildman–Crippen MR) is 89.0 cm³/mol. The lowest BCUT2D eigenvalue weighted by Gasteiger charge is -2.25. The van der Waals surface area contributed by atoms with Gasteiger partial charge in [0.05, 0.1) is 13.1 Å². The van der Waals surface area contributed by atoms with Crippen molar-refractivity contribution in [3.63, 3.8) is 0 Å². The van der Waals surface area contributed by atoms with Crippen LogP contribution in [0.2, 0.25) is 0 Å². The second-order valence-electron chi connectivity index (χ2n) is 6.79. The Bertz CT molecular complexity index is 661. The summed E-state index contributed by atoms with van der Waals surface area (Å²) < 4.78 is 1.85. The van der Waals surface area contributed by atoms with Gasteiger partial charge in [-0.15, -0.1) is 0 Å². The monoisotopic (exact) mass is 348 g/mol. The number of rotatable bonds is 6. The summed E-state index contributed by atoms with van der Waals surface area (Å²) in [5.74, 6) is -0.793. The van der Waals surface area contributed by atoms with E-state index in [2.05, 4.69) is 20.7 Å². The minimum Gasteiger partial charge on any atom is -0.322 e. The molecule has 2 aliphatic rings. The van der Waals surface area contributed by atoms with Crippen molar-refractivity contribution in [1.82, 2.24) is 30.4 Å². The summed E-state index contributed by atoms with van der Waals surface area (Å²) >= 11 is 0. The number of amides is 4. The quantitative estimate of drug-likeness (QED) is 0.710. The highest BCUT2D eigenvalue weighted by Crippen LogP contribution is 2.20. The van der Waals surface area contributed by atoms with Crippen LogP contribution in [-0.2, 0) is 16.1 Å². The van der Waals surface area contributed by atoms with Crippen LogP contribution in [0, 0.1) is 0 Å². The minimum absolute atomic E-state index is 0.145. The van der Waals surface area contributed by atoms with Crippen molar-refractivity contribution in [1.29, 1.82) is 0 Å². The van der Waals surface area contributed by atoms with E-state index in [0.717, 1.165) is 30.9 Å². The molecule has 3 rings (SSSR count). The number of imide groups is 1. The van der Waals surface area contributed by atoms with E-state index in [1.807, 2.05) is 23.9 Å². The minimum atomic E-state index is -0.958. The number of aromatic nitrogens is 2. The summed E-state index contributed by atoms with van der Waals surface area (Å²) in [6.45, 7) is 5.14. The molecule has 2 N–H and O–H groups in total. The topological polar surface area (TPSA) is 99.6 Å². The lowest BCUT2D eigenvalue weighted by molar-refractivity contribution is -0.139. The Labute approximate surface area is 146 Å². The Morgan fingerprint density at radius 3 is 2.92 bits per heavy atom. The molecule has 25 heavy (non-hydrogen) atoms. The summed E-state index contributed by atoms with van der Waals surface area (Å²) in [4.78, 5) is 38.7. The van der Waals surface area contributed by atoms with Gasteiger partial charge in [0.2, 0.25) is 0 Å². The van der Waals surface area contributed by atoms with Crippen LogP contribution >= 0.6 is 0 Å². The molecule has 1 aromatic rings. The van der Waals surface area contributed by atoms with Gasteiger partial charge in [-0.3, -0.25) is 24.6 Å². The number of urea groups is 1. The van der Waals surface area contributed by atoms with Crippen molar-refractivity contribution >= 4 is 17.8 Å². The molecule has 0 spiro atoms. The predicted octanol–water partition coefficient (Wildman–Crippen LogP) is 0.0992. The summed E-state index contributed by atoms with van der Waals surface area (Å²) in [5, 5.41) is 7.62. The first-order chi connectivity index (χ1) is 11.9. The number of carbonyl (C=O) groups is 3. The first-order valence-electron chi connectivity index (χ1n) is 8.60. The van der Waals surface area contributed by atoms with Crippen molar-refractivity contribution in [3.05, 3.63) is 18.5 Å². The number of hydrazine groups is 1. The van der Waals surface area contributed by atoms with Gasteiger partial charge in [0.15, 0.2) is 0 Å². The molecule has 4 amide bonds. The molecule has 2 saturated heterocycles. The van der Waals surface area contributed by atoms with Crippen LogP contribution in [0.3, 0.4) is 0 Å². The molecule has 0 aliphatic carbocycles. The molecule has 136 valence electrons. The van der Waals surface area contributed by atoms with Crippen LogP contribution < -0.4 is 10.7 Å². The van der Waals surface area contributed by atoms with Crippen molar-refractivity contribution in [2.45, 2.75) is 51.2 Å². The number of nitrogens with zero attached hydrogens (tertiary/aromatic N) is 4. The van der Waals surface area contributed by atoms with Crippen molar-refractivity contribution in [2.75, 3.05) is 13.1 Å². The average molecular weight is 348 g/mol. The van der Waals surface area contributed by atoms with E-state index < -0.39 is 17.5 Å². The first-order valence-corrected chi connectivity index (χ1v) is 8.60. The second-order valence-corrected chi connectivity index (χ2v) is 6.79. The van der Waals surface area contributed by atoms with Crippen LogP contribution in [0.4, 0.5) is 4.79 Å². The van der Waals surface area contributed by atoms with E-state index in [1.54, 1.807) is 13.1 Å². The number of hydrogen-bond donors (Lipinski definition) is 2. The van der Waals surface area contributed by atoms with E-state index in [1.165, 1.54) is 0 Å². The Morgan fingerprint density at radius 2 is 2.28 bits per heavy atom. The van der Waals surface area contributed by atoms with Crippen LogP contribution in [0.25, 0.3) is 0 Å². The zero-order valence-corrected chi connectivity index (χ0v) is 14.6. The van der Waals surface area contributed by atoms with E-state index in [4.69, 9.17) is 0 Å². The molecule has 0 saturated carbocycles. The molecule has 2 atom stereocenters. The number of carbonyl (C=O) groups excluding carboxylic acids is 3. The summed E-state index contributed by atoms with van der Waals surface area (Å²) in [6.07, 6.45) is 6.09. The molecule has 3 heterocycles. The van der Waals surface area contributed by atoms with Crippen LogP contribution in [-0.4, -0.2) is 62.2 Å². The normalized spacial score (nSPS) is 27.0. The molecule has 0 aromatic carbocycles. The molecule has 0 bridgehead atoms. The summed E-state index contributed by atoms with van der Waals surface area (Å²) in [5.41, 5.74) is 1.49. The number of nitrogens with one attached hydrogen (secondary N) is 2. The number of hydrogen-bond acceptors (Lipinski definition) is 5. The largest absolute Gasteiger partial charge is 0.344 e. The molecule has 0 unspecified atom stereocenters. The van der Waals surface area contributed by atoms with Gasteiger partial charge in [0, 0.05) is 18.4 Å². The van der Waals surface area contributed by atoms with Crippen molar-refractivity contribution in [2.24, 2.45) is 0 Å². The van der Waals surface area contributed by atoms with E-state index in [9.17, 15) is 14.4 Å². The Hall–Kier alpha value is -2.42. The molecule has 9 heteroatoms. The molecular weight excluding hydrogens is 324 g/mol. The SMILES string of the molecule is CC[C@]1(C)NC(=O)N(NC(=O)CN2CCC[C@H]2Cn2cccn2)C1=O. The lowest BCUT2D eigenvalue weighted by atomic mass is 10.00. The Kier molecular flexibility index (Phi) is 4.76. The van der Waals surface area contributed by atoms with E-state index in [0.29, 0.717) is 6.42 Å². The smallest absolute Gasteiger partial charge is 0.322 e. The summed E-state index contributed by atoms with van der Waals surface area (Å²) in [7, 11) is 0. The van der Waals surface area contributed by atoms with Gasteiger partial charge in [-0.2, -0.15) is 10.1 Å². The van der Waals surface area contributed by atoms with E-state index in [-0.39, 0.29) is 18.5 Å². The molecule has 0 radical (unpaired) electrons. The highest BCUT2D eigenvalue weighted by molar-refractivity contribution is 6.07. The maximum Gasteiger partial charge on any atom is 0.344 e. The first kappa shape index (κ1) is 17.4. The third-order valence-corrected chi connectivity index (χ3v) is 5.01. The highest BCUT2D eigenvalue weighted by Gasteiger charge is 2.47. The zero-order chi connectivity index (χ0) is 18.0. The zero-order valence-electron chi connectivity index (χ0n) is 14.6. The molecule has 1 aromatic heterocycles. The fraction of sp³-hybridized carbons (Fsp3) is 0.625. The highest BCUT2D eigenvalue weighted by atomic mass is 16.2. The average Bonchev–Trinajstić information content (AvgIpc) is 3.28. The van der Waals surface area contributed by atoms with Gasteiger partial charge in [-0.1, -0.05) is 6.92 Å². The van der Waals surface area contributed by atoms with Gasteiger partial charge >= 0.3 is 6.03 Å². The Morgan fingerprint density at radius 1 is 1.48 bits per heavy atom.